The molecular weight excluding hydrogens is 530 g/mol. The summed E-state index contributed by atoms with van der Waals surface area (Å²) < 4.78 is 64.9. The average molecular weight is 557 g/mol. The van der Waals surface area contributed by atoms with Crippen molar-refractivity contribution in [2.24, 2.45) is 0 Å². The number of halogens is 2. The fraction of sp³-hybridized carbons (Fsp3) is 0.391. The minimum absolute atomic E-state index is 0.0537. The van der Waals surface area contributed by atoms with Gasteiger partial charge in [-0.3, -0.25) is 4.98 Å². The van der Waals surface area contributed by atoms with Crippen LogP contribution >= 0.6 is 0 Å². The highest BCUT2D eigenvalue weighted by Gasteiger charge is 2.30. The lowest BCUT2D eigenvalue weighted by molar-refractivity contribution is -0.0497. The van der Waals surface area contributed by atoms with Crippen molar-refractivity contribution in [3.05, 3.63) is 36.2 Å². The van der Waals surface area contributed by atoms with E-state index < -0.39 is 30.0 Å². The molecule has 1 unspecified atom stereocenters. The molecule has 3 rings (SSSR count). The predicted octanol–water partition coefficient (Wildman–Crippen LogP) is 3.43. The van der Waals surface area contributed by atoms with Gasteiger partial charge in [0.2, 0.25) is 0 Å². The van der Waals surface area contributed by atoms with Gasteiger partial charge in [-0.05, 0) is 19.1 Å². The van der Waals surface area contributed by atoms with Gasteiger partial charge in [0.15, 0.2) is 17.3 Å². The number of rotatable bonds is 11. The van der Waals surface area contributed by atoms with Gasteiger partial charge < -0.3 is 33.1 Å². The van der Waals surface area contributed by atoms with E-state index in [0.29, 0.717) is 5.75 Å². The molecule has 0 radical (unpaired) electrons. The van der Waals surface area contributed by atoms with Crippen molar-refractivity contribution < 1.29 is 46.6 Å². The first kappa shape index (κ1) is 28.7. The van der Waals surface area contributed by atoms with Gasteiger partial charge in [0.05, 0.1) is 38.4 Å². The summed E-state index contributed by atoms with van der Waals surface area (Å²) in [5.74, 6) is 0.211. The highest BCUT2D eigenvalue weighted by Crippen LogP contribution is 2.32. The van der Waals surface area contributed by atoms with Gasteiger partial charge in [-0.1, -0.05) is 0 Å². The molecule has 1 amide bonds. The molecule has 1 aromatic carbocycles. The standard InChI is InChI=1S/C23H26F2N4O8S/c1-5-35-23(31)36-11-10-28(2)22(30)29-17-12-14(37-20(24)25)6-7-15(17)27-21(29)38(32)13-16-19(34-4)18(33-3)8-9-26-16/h6-9,12,20H,5,10-11,13H2,1-4H3. The summed E-state index contributed by atoms with van der Waals surface area (Å²) in [5, 5.41) is -0.163. The first-order valence-electron chi connectivity index (χ1n) is 11.2. The highest BCUT2D eigenvalue weighted by molar-refractivity contribution is 7.90. The minimum Gasteiger partial charge on any atom is -0.609 e. The number of aromatic nitrogens is 3. The van der Waals surface area contributed by atoms with Crippen molar-refractivity contribution in [2.75, 3.05) is 41.0 Å². The maximum atomic E-state index is 13.5. The number of hydrogen-bond acceptors (Lipinski definition) is 10. The normalized spacial score (nSPS) is 11.8. The van der Waals surface area contributed by atoms with Gasteiger partial charge >= 0.3 is 24.0 Å². The summed E-state index contributed by atoms with van der Waals surface area (Å²) >= 11 is -1.96. The molecule has 38 heavy (non-hydrogen) atoms. The SMILES string of the molecule is CCOC(=O)OCCN(C)C(=O)n1c([S+]([O-])Cc2nccc(OC)c2OC)nc2ccc(OC(F)F)cc21. The van der Waals surface area contributed by atoms with Crippen molar-refractivity contribution in [2.45, 2.75) is 24.4 Å². The third-order valence-corrected chi connectivity index (χ3v) is 6.30. The van der Waals surface area contributed by atoms with Crippen molar-refractivity contribution >= 4 is 34.4 Å². The number of methoxy groups -OCH3 is 2. The van der Waals surface area contributed by atoms with Crippen LogP contribution < -0.4 is 14.2 Å². The molecule has 0 fully saturated rings. The summed E-state index contributed by atoms with van der Waals surface area (Å²) in [7, 11) is 4.27. The molecule has 1 atom stereocenters. The minimum atomic E-state index is -3.09. The van der Waals surface area contributed by atoms with Crippen LogP contribution in [0.15, 0.2) is 35.6 Å². The lowest BCUT2D eigenvalue weighted by Crippen LogP contribution is -2.35. The number of likely N-dealkylation sites (N-methyl/N-ethyl adjacent to an activating group) is 1. The second kappa shape index (κ2) is 13.1. The molecule has 0 aliphatic heterocycles. The van der Waals surface area contributed by atoms with Crippen LogP contribution in [-0.4, -0.2) is 83.8 Å². The molecule has 3 aromatic rings. The molecule has 2 aromatic heterocycles. The molecule has 0 saturated heterocycles. The van der Waals surface area contributed by atoms with Gasteiger partial charge in [-0.25, -0.2) is 14.2 Å². The third kappa shape index (κ3) is 6.72. The Kier molecular flexibility index (Phi) is 9.90. The number of ether oxygens (including phenoxy) is 5. The molecule has 206 valence electrons. The van der Waals surface area contributed by atoms with E-state index in [4.69, 9.17) is 14.2 Å². The lowest BCUT2D eigenvalue weighted by Gasteiger charge is -2.19. The second-order valence-corrected chi connectivity index (χ2v) is 8.82. The van der Waals surface area contributed by atoms with Crippen molar-refractivity contribution in [3.63, 3.8) is 0 Å². The Hall–Kier alpha value is -3.85. The number of hydrogen-bond donors (Lipinski definition) is 0. The second-order valence-electron chi connectivity index (χ2n) is 7.48. The van der Waals surface area contributed by atoms with E-state index in [-0.39, 0.29) is 58.9 Å². The first-order chi connectivity index (χ1) is 18.2. The number of nitrogens with zero attached hydrogens (tertiary/aromatic N) is 4. The summed E-state index contributed by atoms with van der Waals surface area (Å²) in [4.78, 5) is 34.6. The van der Waals surface area contributed by atoms with E-state index in [1.807, 2.05) is 0 Å². The van der Waals surface area contributed by atoms with Crippen LogP contribution in [0.2, 0.25) is 0 Å². The number of fused-ring (bicyclic) bond motifs is 1. The van der Waals surface area contributed by atoms with E-state index in [9.17, 15) is 22.9 Å². The van der Waals surface area contributed by atoms with Crippen LogP contribution in [0.5, 0.6) is 17.2 Å². The van der Waals surface area contributed by atoms with E-state index in [1.54, 1.807) is 13.0 Å². The van der Waals surface area contributed by atoms with Crippen molar-refractivity contribution in [3.8, 4) is 17.2 Å². The summed E-state index contributed by atoms with van der Waals surface area (Å²) in [5.41, 5.74) is 0.583. The average Bonchev–Trinajstić information content (AvgIpc) is 3.26. The van der Waals surface area contributed by atoms with Gasteiger partial charge in [0, 0.05) is 36.6 Å². The Labute approximate surface area is 219 Å². The van der Waals surface area contributed by atoms with Gasteiger partial charge in [0.1, 0.15) is 18.1 Å². The summed E-state index contributed by atoms with van der Waals surface area (Å²) in [6.45, 7) is -1.59. The molecule has 12 nitrogen and oxygen atoms in total. The molecule has 0 bridgehead atoms. The topological polar surface area (TPSA) is 137 Å². The Balaban J connectivity index is 1.98. The third-order valence-electron chi connectivity index (χ3n) is 5.08. The fourth-order valence-electron chi connectivity index (χ4n) is 3.38. The van der Waals surface area contributed by atoms with Crippen LogP contribution in [0.4, 0.5) is 18.4 Å². The van der Waals surface area contributed by atoms with Gasteiger partial charge in [0.25, 0.3) is 0 Å². The van der Waals surface area contributed by atoms with Crippen LogP contribution in [-0.2, 0) is 26.4 Å². The molecule has 0 aliphatic carbocycles. The molecule has 0 N–H and O–H groups in total. The summed E-state index contributed by atoms with van der Waals surface area (Å²) in [6.07, 6.45) is 0.560. The Bertz CT molecular complexity index is 1280. The van der Waals surface area contributed by atoms with Gasteiger partial charge in [-0.2, -0.15) is 13.8 Å². The monoisotopic (exact) mass is 556 g/mol. The number of carbonyl (C=O) groups is 2. The molecule has 2 heterocycles. The quantitative estimate of drug-likeness (QED) is 0.255. The summed E-state index contributed by atoms with van der Waals surface area (Å²) in [6, 6.07) is 4.68. The smallest absolute Gasteiger partial charge is 0.508 e. The molecule has 0 saturated carbocycles. The molecule has 0 aliphatic rings. The number of benzene rings is 1. The fourth-order valence-corrected chi connectivity index (χ4v) is 4.54. The zero-order valence-corrected chi connectivity index (χ0v) is 21.8. The zero-order valence-electron chi connectivity index (χ0n) is 21.0. The molecular formula is C23H26F2N4O8S. The number of pyridine rings is 1. The maximum absolute atomic E-state index is 13.5. The number of imidazole rings is 1. The predicted molar refractivity (Wildman–Crippen MR) is 130 cm³/mol. The van der Waals surface area contributed by atoms with Gasteiger partial charge in [-0.15, -0.1) is 0 Å². The van der Waals surface area contributed by atoms with E-state index in [2.05, 4.69) is 19.4 Å². The molecule has 0 spiro atoms. The Morgan fingerprint density at radius 2 is 1.95 bits per heavy atom. The van der Waals surface area contributed by atoms with Crippen LogP contribution in [0.1, 0.15) is 12.6 Å². The number of carbonyl (C=O) groups excluding carboxylic acids is 2. The van der Waals surface area contributed by atoms with Crippen LogP contribution in [0.25, 0.3) is 11.0 Å². The maximum Gasteiger partial charge on any atom is 0.508 e. The highest BCUT2D eigenvalue weighted by atomic mass is 32.2. The number of amides is 1. The zero-order chi connectivity index (χ0) is 27.8. The van der Waals surface area contributed by atoms with E-state index in [1.165, 1.54) is 50.6 Å². The number of alkyl halides is 2. The molecule has 15 heteroatoms. The largest absolute Gasteiger partial charge is 0.609 e. The van der Waals surface area contributed by atoms with Crippen LogP contribution in [0, 0.1) is 0 Å². The van der Waals surface area contributed by atoms with E-state index >= 15 is 0 Å². The van der Waals surface area contributed by atoms with Crippen molar-refractivity contribution in [1.82, 2.24) is 19.4 Å². The van der Waals surface area contributed by atoms with Crippen molar-refractivity contribution in [1.29, 1.82) is 0 Å². The Morgan fingerprint density at radius 1 is 1.18 bits per heavy atom. The van der Waals surface area contributed by atoms with Crippen LogP contribution in [0.3, 0.4) is 0 Å². The van der Waals surface area contributed by atoms with E-state index in [0.717, 1.165) is 4.57 Å². The first-order valence-corrected chi connectivity index (χ1v) is 12.5. The lowest BCUT2D eigenvalue weighted by atomic mass is 10.3. The Morgan fingerprint density at radius 3 is 2.61 bits per heavy atom.